The maximum absolute atomic E-state index is 12.9. The van der Waals surface area contributed by atoms with E-state index in [0.717, 1.165) is 28.1 Å². The molecule has 1 fully saturated rings. The zero-order valence-electron chi connectivity index (χ0n) is 17.4. The van der Waals surface area contributed by atoms with Crippen LogP contribution in [0.15, 0.2) is 48.8 Å². The summed E-state index contributed by atoms with van der Waals surface area (Å²) in [6, 6.07) is 13.4. The van der Waals surface area contributed by atoms with E-state index in [0.29, 0.717) is 18.5 Å². The summed E-state index contributed by atoms with van der Waals surface area (Å²) in [5, 5.41) is 2.34. The van der Waals surface area contributed by atoms with Crippen LogP contribution >= 0.6 is 0 Å². The normalized spacial score (nSPS) is 18.3. The van der Waals surface area contributed by atoms with E-state index in [4.69, 9.17) is 0 Å². The molecule has 0 bridgehead atoms. The predicted octanol–water partition coefficient (Wildman–Crippen LogP) is 2.82. The number of fused-ring (bicyclic) bond motifs is 1. The van der Waals surface area contributed by atoms with Crippen LogP contribution in [0, 0.1) is 6.92 Å². The van der Waals surface area contributed by atoms with Gasteiger partial charge in [0.1, 0.15) is 6.04 Å². The molecule has 2 aliphatic heterocycles. The van der Waals surface area contributed by atoms with Crippen molar-refractivity contribution in [2.24, 2.45) is 7.05 Å². The quantitative estimate of drug-likeness (QED) is 0.668. The number of nitrogens with zero attached hydrogens (tertiary/aromatic N) is 3. The maximum atomic E-state index is 12.9. The number of hydrogen-bond acceptors (Lipinski definition) is 4. The molecule has 2 aliphatic rings. The summed E-state index contributed by atoms with van der Waals surface area (Å²) in [5.74, 6) is -0.855. The molecule has 156 valence electrons. The Kier molecular flexibility index (Phi) is 4.46. The Balaban J connectivity index is 1.49. The third-order valence-electron chi connectivity index (χ3n) is 6.06. The van der Waals surface area contributed by atoms with Gasteiger partial charge in [0.05, 0.1) is 17.7 Å². The number of carbonyl (C=O) groups excluding carboxylic acids is 3. The van der Waals surface area contributed by atoms with Crippen molar-refractivity contribution < 1.29 is 14.4 Å². The summed E-state index contributed by atoms with van der Waals surface area (Å²) in [6.07, 6.45) is 2.39. The molecule has 1 aromatic heterocycles. The number of amides is 3. The number of aromatic nitrogens is 2. The minimum atomic E-state index is -0.612. The summed E-state index contributed by atoms with van der Waals surface area (Å²) in [4.78, 5) is 42.8. The Hall–Kier alpha value is -3.74. The highest BCUT2D eigenvalue weighted by Gasteiger charge is 2.39. The topological polar surface area (TPSA) is 84.3 Å². The summed E-state index contributed by atoms with van der Waals surface area (Å²) < 4.78 is 1.99. The molecule has 1 N–H and O–H groups in total. The van der Waals surface area contributed by atoms with Crippen molar-refractivity contribution >= 4 is 17.7 Å². The molecule has 3 amide bonds. The van der Waals surface area contributed by atoms with Gasteiger partial charge in [-0.15, -0.1) is 0 Å². The van der Waals surface area contributed by atoms with Crippen molar-refractivity contribution in [3.63, 3.8) is 0 Å². The van der Waals surface area contributed by atoms with Gasteiger partial charge in [0.15, 0.2) is 0 Å². The first-order chi connectivity index (χ1) is 14.9. The van der Waals surface area contributed by atoms with E-state index in [9.17, 15) is 14.4 Å². The monoisotopic (exact) mass is 414 g/mol. The fraction of sp³-hybridized carbons (Fsp3) is 0.250. The number of carbonyl (C=O) groups is 3. The van der Waals surface area contributed by atoms with Crippen LogP contribution in [0.25, 0.3) is 22.5 Å². The van der Waals surface area contributed by atoms with Gasteiger partial charge in [-0.2, -0.15) is 0 Å². The van der Waals surface area contributed by atoms with Crippen LogP contribution in [0.5, 0.6) is 0 Å². The molecule has 3 aromatic rings. The van der Waals surface area contributed by atoms with Crippen molar-refractivity contribution in [3.8, 4) is 22.5 Å². The minimum absolute atomic E-state index is 0.171. The molecule has 0 saturated carbocycles. The Bertz CT molecular complexity index is 1230. The lowest BCUT2D eigenvalue weighted by Crippen LogP contribution is -2.52. The second kappa shape index (κ2) is 7.19. The first kappa shape index (κ1) is 19.2. The van der Waals surface area contributed by atoms with Gasteiger partial charge in [-0.05, 0) is 31.0 Å². The van der Waals surface area contributed by atoms with E-state index in [1.54, 1.807) is 11.2 Å². The van der Waals surface area contributed by atoms with Gasteiger partial charge >= 0.3 is 0 Å². The molecule has 7 nitrogen and oxygen atoms in total. The maximum Gasteiger partial charge on any atom is 0.255 e. The summed E-state index contributed by atoms with van der Waals surface area (Å²) in [5.41, 5.74) is 6.51. The Morgan fingerprint density at radius 3 is 2.52 bits per heavy atom. The van der Waals surface area contributed by atoms with Crippen LogP contribution in [0.3, 0.4) is 0 Å². The lowest BCUT2D eigenvalue weighted by Gasteiger charge is -2.29. The molecule has 31 heavy (non-hydrogen) atoms. The van der Waals surface area contributed by atoms with Crippen LogP contribution in [-0.4, -0.2) is 38.2 Å². The first-order valence-corrected chi connectivity index (χ1v) is 10.3. The SMILES string of the molecule is Cc1ccc(-c2c(-c3ccc4c(c3)CN(C3CCC(=O)NC3=O)C4=O)ncn2C)cc1. The Morgan fingerprint density at radius 2 is 1.77 bits per heavy atom. The highest BCUT2D eigenvalue weighted by molar-refractivity contribution is 6.05. The second-order valence-corrected chi connectivity index (χ2v) is 8.19. The third-order valence-corrected chi connectivity index (χ3v) is 6.06. The number of benzene rings is 2. The minimum Gasteiger partial charge on any atom is -0.333 e. The van der Waals surface area contributed by atoms with Crippen molar-refractivity contribution in [3.05, 3.63) is 65.5 Å². The largest absolute Gasteiger partial charge is 0.333 e. The number of nitrogens with one attached hydrogen (secondary N) is 1. The number of rotatable bonds is 3. The second-order valence-electron chi connectivity index (χ2n) is 8.19. The highest BCUT2D eigenvalue weighted by atomic mass is 16.2. The highest BCUT2D eigenvalue weighted by Crippen LogP contribution is 2.35. The van der Waals surface area contributed by atoms with E-state index in [1.165, 1.54) is 5.56 Å². The Labute approximate surface area is 179 Å². The molecule has 7 heteroatoms. The molecule has 0 radical (unpaired) electrons. The summed E-state index contributed by atoms with van der Waals surface area (Å²) in [6.45, 7) is 2.40. The lowest BCUT2D eigenvalue weighted by atomic mass is 10.00. The molecule has 5 rings (SSSR count). The molecule has 2 aromatic carbocycles. The molecule has 1 saturated heterocycles. The van der Waals surface area contributed by atoms with Gasteiger partial charge in [0.25, 0.3) is 5.91 Å². The average molecular weight is 414 g/mol. The van der Waals surface area contributed by atoms with Crippen LogP contribution in [0.2, 0.25) is 0 Å². The molecule has 0 aliphatic carbocycles. The number of aryl methyl sites for hydroxylation is 2. The van der Waals surface area contributed by atoms with Crippen molar-refractivity contribution in [1.29, 1.82) is 0 Å². The van der Waals surface area contributed by atoms with Crippen LogP contribution in [0.4, 0.5) is 0 Å². The standard InChI is InChI=1S/C24H22N4O3/c1-14-3-5-15(6-4-14)22-21(25-13-27(22)2)16-7-8-18-17(11-16)12-28(24(18)31)19-9-10-20(29)26-23(19)30/h3-8,11,13,19H,9-10,12H2,1-2H3,(H,26,29,30). The lowest BCUT2D eigenvalue weighted by molar-refractivity contribution is -0.136. The molecule has 0 spiro atoms. The third kappa shape index (κ3) is 3.22. The van der Waals surface area contributed by atoms with Crippen molar-refractivity contribution in [2.45, 2.75) is 32.4 Å². The zero-order valence-corrected chi connectivity index (χ0v) is 17.4. The van der Waals surface area contributed by atoms with Gasteiger partial charge in [0, 0.05) is 36.7 Å². The number of imide groups is 1. The first-order valence-electron chi connectivity index (χ1n) is 10.3. The van der Waals surface area contributed by atoms with Crippen LogP contribution in [-0.2, 0) is 23.2 Å². The molecular weight excluding hydrogens is 392 g/mol. The molecule has 3 heterocycles. The van der Waals surface area contributed by atoms with Gasteiger partial charge in [-0.3, -0.25) is 19.7 Å². The van der Waals surface area contributed by atoms with Gasteiger partial charge in [-0.25, -0.2) is 4.98 Å². The number of imidazole rings is 1. The fourth-order valence-corrected chi connectivity index (χ4v) is 4.42. The van der Waals surface area contributed by atoms with E-state index in [2.05, 4.69) is 41.5 Å². The van der Waals surface area contributed by atoms with E-state index < -0.39 is 11.9 Å². The van der Waals surface area contributed by atoms with Crippen molar-refractivity contribution in [2.75, 3.05) is 0 Å². The predicted molar refractivity (Wildman–Crippen MR) is 115 cm³/mol. The van der Waals surface area contributed by atoms with Crippen LogP contribution < -0.4 is 5.32 Å². The van der Waals surface area contributed by atoms with E-state index in [-0.39, 0.29) is 18.2 Å². The molecular formula is C24H22N4O3. The van der Waals surface area contributed by atoms with E-state index >= 15 is 0 Å². The van der Waals surface area contributed by atoms with Crippen LogP contribution in [0.1, 0.15) is 34.3 Å². The average Bonchev–Trinajstić information content (AvgIpc) is 3.28. The van der Waals surface area contributed by atoms with E-state index in [1.807, 2.05) is 29.8 Å². The molecule has 1 unspecified atom stereocenters. The van der Waals surface area contributed by atoms with Gasteiger partial charge in [0.2, 0.25) is 11.8 Å². The summed E-state index contributed by atoms with van der Waals surface area (Å²) >= 11 is 0. The number of piperidine rings is 1. The zero-order chi connectivity index (χ0) is 21.7. The smallest absolute Gasteiger partial charge is 0.255 e. The van der Waals surface area contributed by atoms with Crippen molar-refractivity contribution in [1.82, 2.24) is 19.8 Å². The molecule has 1 atom stereocenters. The van der Waals surface area contributed by atoms with Gasteiger partial charge < -0.3 is 9.47 Å². The fourth-order valence-electron chi connectivity index (χ4n) is 4.42. The Morgan fingerprint density at radius 1 is 1.03 bits per heavy atom. The van der Waals surface area contributed by atoms with Gasteiger partial charge in [-0.1, -0.05) is 35.9 Å². The summed E-state index contributed by atoms with van der Waals surface area (Å²) in [7, 11) is 1.97. The number of hydrogen-bond donors (Lipinski definition) is 1.